The normalized spacial score (nSPS) is 29.2. The average molecular weight is 547 g/mol. The molecule has 0 unspecified atom stereocenters. The zero-order valence-electron chi connectivity index (χ0n) is 23.7. The Balaban J connectivity index is 2.63. The predicted molar refractivity (Wildman–Crippen MR) is 148 cm³/mol. The van der Waals surface area contributed by atoms with E-state index in [1.54, 1.807) is 25.2 Å². The molecule has 216 valence electrons. The predicted octanol–water partition coefficient (Wildman–Crippen LogP) is 4.32. The van der Waals surface area contributed by atoms with Crippen molar-refractivity contribution in [3.05, 3.63) is 53.1 Å². The monoisotopic (exact) mass is 546 g/mol. The van der Waals surface area contributed by atoms with Crippen LogP contribution in [0.25, 0.3) is 0 Å². The van der Waals surface area contributed by atoms with Crippen LogP contribution in [0.2, 0.25) is 0 Å². The third-order valence-corrected chi connectivity index (χ3v) is 7.05. The van der Waals surface area contributed by atoms with E-state index >= 15 is 0 Å². The van der Waals surface area contributed by atoms with Gasteiger partial charge in [0.1, 0.15) is 17.6 Å². The number of carbonyl (C=O) groups excluding carboxylic acids is 2. The molecule has 1 aromatic rings. The van der Waals surface area contributed by atoms with Gasteiger partial charge in [-0.15, -0.1) is 0 Å². The molecule has 0 radical (unpaired) electrons. The Kier molecular flexibility index (Phi) is 11.6. The molecule has 2 bridgehead atoms. The summed E-state index contributed by atoms with van der Waals surface area (Å²) in [5.74, 6) is -1.83. The summed E-state index contributed by atoms with van der Waals surface area (Å²) in [6, 6.07) is 2.62. The largest absolute Gasteiger partial charge is 0.508 e. The van der Waals surface area contributed by atoms with Crippen molar-refractivity contribution in [1.82, 2.24) is 0 Å². The summed E-state index contributed by atoms with van der Waals surface area (Å²) in [4.78, 5) is 24.5. The Bertz CT molecular complexity index is 1110. The number of rotatable bonds is 3. The second-order valence-electron chi connectivity index (χ2n) is 10.2. The van der Waals surface area contributed by atoms with Crippen LogP contribution in [0.3, 0.4) is 0 Å². The summed E-state index contributed by atoms with van der Waals surface area (Å²) >= 11 is 0. The molecule has 0 aliphatic carbocycles. The number of hydrogen-bond acceptors (Lipinski definition) is 8. The molecule has 2 amide bonds. The van der Waals surface area contributed by atoms with Gasteiger partial charge in [0.05, 0.1) is 24.0 Å². The number of nitrogens with two attached hydrogens (primary N) is 1. The number of phenolic OH excluding ortho intramolecular Hbond substituents is 2. The van der Waals surface area contributed by atoms with E-state index in [-0.39, 0.29) is 46.9 Å². The SMILES string of the molecule is CO[C@H]1[C@H](O)C[C@H](C)[C@@H](OC)c2cc(O)cc(c2O)NC(=O)C(C)=CC=C[C@H](C)[C@@H](OC(N)=O)C(C)=C[C@@H]1C. The van der Waals surface area contributed by atoms with Gasteiger partial charge in [-0.25, -0.2) is 4.79 Å². The molecule has 10 nitrogen and oxygen atoms in total. The first-order valence-electron chi connectivity index (χ1n) is 12.9. The van der Waals surface area contributed by atoms with Crippen LogP contribution in [-0.4, -0.2) is 59.9 Å². The van der Waals surface area contributed by atoms with Gasteiger partial charge in [0, 0.05) is 43.3 Å². The van der Waals surface area contributed by atoms with Gasteiger partial charge < -0.3 is 40.6 Å². The molecule has 6 N–H and O–H groups in total. The highest BCUT2D eigenvalue weighted by Crippen LogP contribution is 2.41. The quantitative estimate of drug-likeness (QED) is 0.213. The molecule has 0 aromatic heterocycles. The number of amides is 2. The van der Waals surface area contributed by atoms with Gasteiger partial charge in [-0.05, 0) is 37.8 Å². The van der Waals surface area contributed by atoms with Crippen LogP contribution in [-0.2, 0) is 19.0 Å². The number of aliphatic hydroxyl groups is 1. The summed E-state index contributed by atoms with van der Waals surface area (Å²) in [6.45, 7) is 9.00. The summed E-state index contributed by atoms with van der Waals surface area (Å²) in [7, 11) is 2.97. The highest BCUT2D eigenvalue weighted by Gasteiger charge is 2.32. The molecule has 10 heteroatoms. The van der Waals surface area contributed by atoms with E-state index in [0.717, 1.165) is 5.57 Å². The minimum atomic E-state index is -0.929. The van der Waals surface area contributed by atoms with Crippen molar-refractivity contribution in [3.8, 4) is 11.5 Å². The second kappa shape index (κ2) is 14.2. The number of aromatic hydroxyl groups is 2. The Hall–Kier alpha value is -3.34. The molecule has 39 heavy (non-hydrogen) atoms. The van der Waals surface area contributed by atoms with E-state index in [1.807, 2.05) is 33.8 Å². The van der Waals surface area contributed by atoms with Crippen LogP contribution in [0.15, 0.2) is 47.6 Å². The molecule has 1 aliphatic heterocycles. The van der Waals surface area contributed by atoms with Crippen LogP contribution in [0.4, 0.5) is 10.5 Å². The van der Waals surface area contributed by atoms with E-state index in [2.05, 4.69) is 5.32 Å². The molecule has 1 heterocycles. The zero-order chi connectivity index (χ0) is 29.4. The number of nitrogens with one attached hydrogen (secondary N) is 1. The molecule has 0 spiro atoms. The topological polar surface area (TPSA) is 161 Å². The minimum absolute atomic E-state index is 0.0194. The maximum absolute atomic E-state index is 12.8. The highest BCUT2D eigenvalue weighted by atomic mass is 16.6. The van der Waals surface area contributed by atoms with Crippen LogP contribution >= 0.6 is 0 Å². The van der Waals surface area contributed by atoms with Crippen molar-refractivity contribution >= 4 is 17.7 Å². The van der Waals surface area contributed by atoms with Crippen LogP contribution in [0, 0.1) is 17.8 Å². The van der Waals surface area contributed by atoms with Crippen molar-refractivity contribution < 1.29 is 39.1 Å². The fourth-order valence-corrected chi connectivity index (χ4v) is 5.10. The maximum Gasteiger partial charge on any atom is 0.405 e. The molecule has 1 aromatic carbocycles. The molecule has 0 fully saturated rings. The first kappa shape index (κ1) is 31.9. The highest BCUT2D eigenvalue weighted by molar-refractivity contribution is 6.04. The molecular formula is C29H42N2O8. The fourth-order valence-electron chi connectivity index (χ4n) is 5.10. The van der Waals surface area contributed by atoms with E-state index in [1.165, 1.54) is 26.4 Å². The van der Waals surface area contributed by atoms with Crippen molar-refractivity contribution in [2.24, 2.45) is 23.5 Å². The standard InChI is InChI=1S/C29H42N2O8/c1-15-9-8-10-16(2)28(35)31-22-14-20(32)13-21(24(22)34)26(37-6)19(5)12-23(33)27(38-7)18(4)11-17(3)25(15)39-29(30)36/h8-11,13-15,18-19,23,25-27,32-34H,12H2,1-7H3,(H2,30,36)(H,31,35)/t15-,18-,19-,23+,25+,26+,27+/m0/s1. The maximum atomic E-state index is 12.8. The van der Waals surface area contributed by atoms with Crippen LogP contribution in [0.1, 0.15) is 52.7 Å². The number of allylic oxidation sites excluding steroid dienone is 2. The molecule has 0 saturated carbocycles. The Labute approximate surface area is 230 Å². The van der Waals surface area contributed by atoms with Crippen LogP contribution in [0.5, 0.6) is 11.5 Å². The Morgan fingerprint density at radius 1 is 1.05 bits per heavy atom. The number of benzene rings is 1. The van der Waals surface area contributed by atoms with E-state index in [0.29, 0.717) is 5.57 Å². The molecule has 2 rings (SSSR count). The lowest BCUT2D eigenvalue weighted by atomic mass is 9.86. The van der Waals surface area contributed by atoms with Gasteiger partial charge in [-0.3, -0.25) is 4.79 Å². The first-order chi connectivity index (χ1) is 18.3. The van der Waals surface area contributed by atoms with Crippen molar-refractivity contribution in [3.63, 3.8) is 0 Å². The number of methoxy groups -OCH3 is 2. The molecule has 7 atom stereocenters. The third kappa shape index (κ3) is 8.32. The summed E-state index contributed by atoms with van der Waals surface area (Å²) < 4.78 is 16.8. The van der Waals surface area contributed by atoms with Crippen molar-refractivity contribution in [2.45, 2.75) is 65.5 Å². The van der Waals surface area contributed by atoms with E-state index < -0.39 is 36.4 Å². The number of ether oxygens (including phenoxy) is 3. The van der Waals surface area contributed by atoms with Gasteiger partial charge in [-0.1, -0.05) is 45.1 Å². The number of fused-ring (bicyclic) bond motifs is 2. The van der Waals surface area contributed by atoms with Crippen LogP contribution < -0.4 is 11.1 Å². The second-order valence-corrected chi connectivity index (χ2v) is 10.2. The number of phenols is 2. The molecule has 1 aliphatic rings. The van der Waals surface area contributed by atoms with Crippen molar-refractivity contribution in [1.29, 1.82) is 0 Å². The summed E-state index contributed by atoms with van der Waals surface area (Å²) in [5, 5.41) is 35.2. The average Bonchev–Trinajstić information content (AvgIpc) is 2.84. The number of primary amides is 1. The van der Waals surface area contributed by atoms with Gasteiger partial charge in [-0.2, -0.15) is 0 Å². The smallest absolute Gasteiger partial charge is 0.405 e. The van der Waals surface area contributed by atoms with E-state index in [4.69, 9.17) is 19.9 Å². The number of anilines is 1. The number of aliphatic hydroxyl groups excluding tert-OH is 1. The number of carbonyl (C=O) groups is 2. The summed E-state index contributed by atoms with van der Waals surface area (Å²) in [6.07, 6.45) is 3.28. The lowest BCUT2D eigenvalue weighted by molar-refractivity contribution is -0.112. The minimum Gasteiger partial charge on any atom is -0.508 e. The summed E-state index contributed by atoms with van der Waals surface area (Å²) in [5.41, 5.74) is 6.69. The first-order valence-corrected chi connectivity index (χ1v) is 12.9. The lowest BCUT2D eigenvalue weighted by Crippen LogP contribution is -2.36. The van der Waals surface area contributed by atoms with Gasteiger partial charge in [0.15, 0.2) is 0 Å². The van der Waals surface area contributed by atoms with E-state index in [9.17, 15) is 24.9 Å². The Morgan fingerprint density at radius 2 is 1.72 bits per heavy atom. The van der Waals surface area contributed by atoms with Gasteiger partial charge in [0.25, 0.3) is 5.91 Å². The number of hydrogen-bond donors (Lipinski definition) is 5. The third-order valence-electron chi connectivity index (χ3n) is 7.05. The van der Waals surface area contributed by atoms with Gasteiger partial charge >= 0.3 is 6.09 Å². The molecular weight excluding hydrogens is 504 g/mol. The lowest BCUT2D eigenvalue weighted by Gasteiger charge is -2.31. The fraction of sp³-hybridized carbons (Fsp3) is 0.517. The van der Waals surface area contributed by atoms with Gasteiger partial charge in [0.2, 0.25) is 0 Å². The zero-order valence-corrected chi connectivity index (χ0v) is 23.7. The Morgan fingerprint density at radius 3 is 2.31 bits per heavy atom. The molecule has 0 saturated heterocycles. The van der Waals surface area contributed by atoms with Crippen molar-refractivity contribution in [2.75, 3.05) is 19.5 Å².